The monoisotopic (exact) mass is 322 g/mol. The van der Waals surface area contributed by atoms with Crippen LogP contribution in [0.25, 0.3) is 0 Å². The Hall–Kier alpha value is -1.56. The fraction of sp³-hybridized carbons (Fsp3) is 0.765. The maximum atomic E-state index is 12.3. The quantitative estimate of drug-likeness (QED) is 0.794. The zero-order valence-corrected chi connectivity index (χ0v) is 14.5. The second-order valence-corrected chi connectivity index (χ2v) is 6.68. The average Bonchev–Trinajstić information content (AvgIpc) is 2.70. The van der Waals surface area contributed by atoms with Crippen LogP contribution in [-0.2, 0) is 4.79 Å². The number of nitrogens with zero attached hydrogens (tertiary/aromatic N) is 3. The van der Waals surface area contributed by atoms with Gasteiger partial charge in [-0.05, 0) is 26.3 Å². The van der Waals surface area contributed by atoms with Crippen LogP contribution in [0, 0.1) is 0 Å². The summed E-state index contributed by atoms with van der Waals surface area (Å²) in [5, 5.41) is 2.97. The van der Waals surface area contributed by atoms with Gasteiger partial charge in [-0.1, -0.05) is 13.0 Å². The SMILES string of the molecule is C=CCN1CCC2(CCC1=O)CN(C(=O)NCCC)CCN2C. The van der Waals surface area contributed by atoms with E-state index in [1.807, 2.05) is 9.80 Å². The summed E-state index contributed by atoms with van der Waals surface area (Å²) >= 11 is 0. The number of carbonyl (C=O) groups excluding carboxylic acids is 2. The van der Waals surface area contributed by atoms with E-state index in [1.54, 1.807) is 6.08 Å². The van der Waals surface area contributed by atoms with Gasteiger partial charge in [0, 0.05) is 51.2 Å². The topological polar surface area (TPSA) is 55.9 Å². The Labute approximate surface area is 139 Å². The van der Waals surface area contributed by atoms with E-state index in [1.165, 1.54) is 0 Å². The maximum absolute atomic E-state index is 12.3. The Morgan fingerprint density at radius 2 is 2.13 bits per heavy atom. The van der Waals surface area contributed by atoms with Crippen molar-refractivity contribution >= 4 is 11.9 Å². The van der Waals surface area contributed by atoms with Crippen LogP contribution in [0.3, 0.4) is 0 Å². The largest absolute Gasteiger partial charge is 0.339 e. The van der Waals surface area contributed by atoms with Gasteiger partial charge in [0.05, 0.1) is 0 Å². The summed E-state index contributed by atoms with van der Waals surface area (Å²) in [5.41, 5.74) is -0.0899. The first-order valence-electron chi connectivity index (χ1n) is 8.65. The molecule has 130 valence electrons. The van der Waals surface area contributed by atoms with Crippen molar-refractivity contribution in [3.05, 3.63) is 12.7 Å². The van der Waals surface area contributed by atoms with Crippen LogP contribution in [0.5, 0.6) is 0 Å². The van der Waals surface area contributed by atoms with E-state index in [0.717, 1.165) is 38.9 Å². The van der Waals surface area contributed by atoms with Gasteiger partial charge < -0.3 is 15.1 Å². The van der Waals surface area contributed by atoms with E-state index >= 15 is 0 Å². The second-order valence-electron chi connectivity index (χ2n) is 6.68. The molecule has 2 aliphatic rings. The minimum atomic E-state index is -0.0899. The van der Waals surface area contributed by atoms with Crippen LogP contribution in [0.1, 0.15) is 32.6 Å². The number of likely N-dealkylation sites (N-methyl/N-ethyl adjacent to an activating group) is 1. The van der Waals surface area contributed by atoms with Crippen LogP contribution < -0.4 is 5.32 Å². The van der Waals surface area contributed by atoms with Gasteiger partial charge in [0.15, 0.2) is 0 Å². The summed E-state index contributed by atoms with van der Waals surface area (Å²) in [6.07, 6.45) is 4.98. The van der Waals surface area contributed by atoms with Gasteiger partial charge >= 0.3 is 6.03 Å². The lowest BCUT2D eigenvalue weighted by atomic mass is 9.86. The maximum Gasteiger partial charge on any atom is 0.317 e. The molecule has 0 aliphatic carbocycles. The molecule has 0 aromatic rings. The number of rotatable bonds is 4. The van der Waals surface area contributed by atoms with Crippen molar-refractivity contribution in [3.8, 4) is 0 Å². The van der Waals surface area contributed by atoms with Crippen LogP contribution in [0.4, 0.5) is 4.79 Å². The summed E-state index contributed by atoms with van der Waals surface area (Å²) in [6.45, 7) is 10.2. The van der Waals surface area contributed by atoms with Gasteiger partial charge in [-0.3, -0.25) is 9.69 Å². The van der Waals surface area contributed by atoms with E-state index in [9.17, 15) is 9.59 Å². The molecule has 0 saturated carbocycles. The van der Waals surface area contributed by atoms with Crippen LogP contribution in [-0.4, -0.2) is 78.5 Å². The standard InChI is InChI=1S/C17H30N4O2/c1-4-9-18-16(23)21-13-12-19(3)17(14-21)7-6-15(22)20(10-5-2)11-8-17/h5H,2,4,6-14H2,1,3H3,(H,18,23). The highest BCUT2D eigenvalue weighted by atomic mass is 16.2. The van der Waals surface area contributed by atoms with Gasteiger partial charge in [-0.25, -0.2) is 4.79 Å². The minimum Gasteiger partial charge on any atom is -0.339 e. The highest BCUT2D eigenvalue weighted by Crippen LogP contribution is 2.32. The highest BCUT2D eigenvalue weighted by molar-refractivity contribution is 5.77. The third-order valence-electron chi connectivity index (χ3n) is 5.17. The smallest absolute Gasteiger partial charge is 0.317 e. The van der Waals surface area contributed by atoms with Gasteiger partial charge in [-0.2, -0.15) is 0 Å². The number of carbonyl (C=O) groups is 2. The number of hydrogen-bond donors (Lipinski definition) is 1. The Morgan fingerprint density at radius 1 is 1.35 bits per heavy atom. The Morgan fingerprint density at radius 3 is 2.83 bits per heavy atom. The van der Waals surface area contributed by atoms with E-state index in [4.69, 9.17) is 0 Å². The van der Waals surface area contributed by atoms with Gasteiger partial charge in [0.1, 0.15) is 0 Å². The van der Waals surface area contributed by atoms with Crippen LogP contribution in [0.15, 0.2) is 12.7 Å². The van der Waals surface area contributed by atoms with E-state index in [-0.39, 0.29) is 17.5 Å². The zero-order valence-electron chi connectivity index (χ0n) is 14.5. The Kier molecular flexibility index (Phi) is 6.04. The molecule has 0 aromatic heterocycles. The lowest BCUT2D eigenvalue weighted by Crippen LogP contribution is -2.63. The van der Waals surface area contributed by atoms with Crippen LogP contribution in [0.2, 0.25) is 0 Å². The molecule has 2 saturated heterocycles. The van der Waals surface area contributed by atoms with Gasteiger partial charge in [0.2, 0.25) is 5.91 Å². The fourth-order valence-electron chi connectivity index (χ4n) is 3.56. The summed E-state index contributed by atoms with van der Waals surface area (Å²) in [7, 11) is 2.12. The first-order valence-corrected chi connectivity index (χ1v) is 8.65. The first-order chi connectivity index (χ1) is 11.0. The van der Waals surface area contributed by atoms with Crippen molar-refractivity contribution in [2.75, 3.05) is 46.3 Å². The third-order valence-corrected chi connectivity index (χ3v) is 5.17. The molecule has 6 heteroatoms. The highest BCUT2D eigenvalue weighted by Gasteiger charge is 2.43. The zero-order chi connectivity index (χ0) is 16.9. The molecule has 0 radical (unpaired) electrons. The summed E-state index contributed by atoms with van der Waals surface area (Å²) in [4.78, 5) is 30.7. The molecular formula is C17H30N4O2. The molecule has 6 nitrogen and oxygen atoms in total. The fourth-order valence-corrected chi connectivity index (χ4v) is 3.56. The molecule has 1 spiro atoms. The second kappa shape index (κ2) is 7.81. The van der Waals surface area contributed by atoms with Crippen molar-refractivity contribution < 1.29 is 9.59 Å². The Bertz CT molecular complexity index is 454. The molecule has 2 aliphatic heterocycles. The molecule has 1 N–H and O–H groups in total. The van der Waals surface area contributed by atoms with Gasteiger partial charge in [0.25, 0.3) is 0 Å². The number of piperazine rings is 1. The third kappa shape index (κ3) is 4.05. The van der Waals surface area contributed by atoms with Gasteiger partial charge in [-0.15, -0.1) is 6.58 Å². The molecule has 2 heterocycles. The number of likely N-dealkylation sites (tertiary alicyclic amines) is 1. The van der Waals surface area contributed by atoms with E-state index in [2.05, 4.69) is 30.8 Å². The van der Waals surface area contributed by atoms with Crippen molar-refractivity contribution in [3.63, 3.8) is 0 Å². The molecule has 1 unspecified atom stereocenters. The predicted octanol–water partition coefficient (Wildman–Crippen LogP) is 1.29. The number of hydrogen-bond acceptors (Lipinski definition) is 3. The molecule has 2 rings (SSSR count). The van der Waals surface area contributed by atoms with Crippen LogP contribution >= 0.6 is 0 Å². The molecule has 23 heavy (non-hydrogen) atoms. The minimum absolute atomic E-state index is 0.0258. The van der Waals surface area contributed by atoms with E-state index in [0.29, 0.717) is 26.1 Å². The van der Waals surface area contributed by atoms with Crippen molar-refractivity contribution in [1.29, 1.82) is 0 Å². The molecule has 0 bridgehead atoms. The number of amides is 3. The summed E-state index contributed by atoms with van der Waals surface area (Å²) in [6, 6.07) is 0.0258. The Balaban J connectivity index is 2.07. The van der Waals surface area contributed by atoms with E-state index < -0.39 is 0 Å². The van der Waals surface area contributed by atoms with Crippen molar-refractivity contribution in [2.45, 2.75) is 38.1 Å². The van der Waals surface area contributed by atoms with Crippen molar-refractivity contribution in [1.82, 2.24) is 20.0 Å². The average molecular weight is 322 g/mol. The number of nitrogens with one attached hydrogen (secondary N) is 1. The number of urea groups is 1. The predicted molar refractivity (Wildman–Crippen MR) is 91.3 cm³/mol. The summed E-state index contributed by atoms with van der Waals surface area (Å²) in [5.74, 6) is 0.197. The molecule has 3 amide bonds. The molecule has 2 fully saturated rings. The first kappa shape index (κ1) is 17.8. The summed E-state index contributed by atoms with van der Waals surface area (Å²) < 4.78 is 0. The lowest BCUT2D eigenvalue weighted by Gasteiger charge is -2.49. The molecule has 1 atom stereocenters. The normalized spacial score (nSPS) is 26.3. The lowest BCUT2D eigenvalue weighted by molar-refractivity contribution is -0.130. The molecule has 0 aromatic carbocycles. The molecular weight excluding hydrogens is 292 g/mol. The van der Waals surface area contributed by atoms with Crippen molar-refractivity contribution in [2.24, 2.45) is 0 Å².